The van der Waals surface area contributed by atoms with Crippen LogP contribution in [0.5, 0.6) is 0 Å². The number of anilines is 4. The van der Waals surface area contributed by atoms with Gasteiger partial charge in [0.2, 0.25) is 11.9 Å². The fraction of sp³-hybridized carbons (Fsp3) is 0.314. The first-order valence-electron chi connectivity index (χ1n) is 16.2. The van der Waals surface area contributed by atoms with Gasteiger partial charge in [-0.25, -0.2) is 33.5 Å². The molecule has 2 aliphatic heterocycles. The van der Waals surface area contributed by atoms with E-state index in [2.05, 4.69) is 40.4 Å². The molecule has 0 radical (unpaired) electrons. The number of halogens is 2. The predicted octanol–water partition coefficient (Wildman–Crippen LogP) is 5.57. The van der Waals surface area contributed by atoms with Crippen molar-refractivity contribution in [2.75, 3.05) is 47.8 Å². The van der Waals surface area contributed by atoms with Crippen LogP contribution in [0.25, 0.3) is 22.3 Å². The highest BCUT2D eigenvalue weighted by Gasteiger charge is 2.25. The Bertz CT molecular complexity index is 2040. The molecule has 3 aromatic heterocycles. The minimum absolute atomic E-state index is 0.0258. The summed E-state index contributed by atoms with van der Waals surface area (Å²) in [7, 11) is 0. The predicted molar refractivity (Wildman–Crippen MR) is 183 cm³/mol. The van der Waals surface area contributed by atoms with Gasteiger partial charge in [-0.3, -0.25) is 19.9 Å². The summed E-state index contributed by atoms with van der Waals surface area (Å²) in [5.74, 6) is -0.158. The molecule has 2 N–H and O–H groups in total. The number of amides is 3. The number of fused-ring (bicyclic) bond motifs is 1. The Morgan fingerprint density at radius 3 is 2.45 bits per heavy atom. The Balaban J connectivity index is 0.984. The molecule has 2 aromatic carbocycles. The van der Waals surface area contributed by atoms with E-state index in [1.165, 1.54) is 6.07 Å². The van der Waals surface area contributed by atoms with Gasteiger partial charge in [-0.2, -0.15) is 0 Å². The number of rotatable bonds is 8. The van der Waals surface area contributed by atoms with E-state index in [0.29, 0.717) is 23.7 Å². The molecule has 14 heteroatoms. The number of nitrogens with one attached hydrogen (secondary N) is 2. The maximum absolute atomic E-state index is 15.1. The van der Waals surface area contributed by atoms with Crippen molar-refractivity contribution in [3.63, 3.8) is 0 Å². The lowest BCUT2D eigenvalue weighted by Gasteiger charge is -2.36. The molecule has 0 atom stereocenters. The smallest absolute Gasteiger partial charge is 0.328 e. The summed E-state index contributed by atoms with van der Waals surface area (Å²) in [4.78, 5) is 47.4. The highest BCUT2D eigenvalue weighted by Crippen LogP contribution is 2.31. The van der Waals surface area contributed by atoms with Crippen LogP contribution >= 0.6 is 0 Å². The zero-order valence-corrected chi connectivity index (χ0v) is 27.5. The van der Waals surface area contributed by atoms with Crippen molar-refractivity contribution in [2.45, 2.75) is 39.8 Å². The zero-order valence-electron chi connectivity index (χ0n) is 27.5. The Morgan fingerprint density at radius 1 is 0.898 bits per heavy atom. The second-order valence-corrected chi connectivity index (χ2v) is 12.6. The number of aryl methyl sites for hydroxylation is 1. The van der Waals surface area contributed by atoms with E-state index in [-0.39, 0.29) is 47.1 Å². The number of nitrogens with zero attached hydrogens (tertiary/aromatic N) is 8. The van der Waals surface area contributed by atoms with E-state index in [1.54, 1.807) is 17.2 Å². The van der Waals surface area contributed by atoms with Crippen molar-refractivity contribution >= 4 is 46.1 Å². The van der Waals surface area contributed by atoms with Crippen LogP contribution in [0.15, 0.2) is 60.9 Å². The average molecular weight is 667 g/mol. The van der Waals surface area contributed by atoms with Gasteiger partial charge < -0.3 is 14.8 Å². The molecular weight excluding hydrogens is 630 g/mol. The number of imidazole rings is 1. The molecule has 49 heavy (non-hydrogen) atoms. The van der Waals surface area contributed by atoms with E-state index < -0.39 is 11.6 Å². The number of aromatic nitrogens is 5. The molecule has 0 aliphatic carbocycles. The third-order valence-corrected chi connectivity index (χ3v) is 8.87. The van der Waals surface area contributed by atoms with Gasteiger partial charge >= 0.3 is 6.03 Å². The maximum Gasteiger partial charge on any atom is 0.328 e. The molecule has 2 fully saturated rings. The normalized spacial score (nSPS) is 15.7. The number of carbonyl (C=O) groups excluding carboxylic acids is 2. The van der Waals surface area contributed by atoms with E-state index in [4.69, 9.17) is 0 Å². The lowest BCUT2D eigenvalue weighted by molar-refractivity contribution is -0.120. The van der Waals surface area contributed by atoms with E-state index >= 15 is 4.39 Å². The quantitative estimate of drug-likeness (QED) is 0.219. The number of hydrogen-bond acceptors (Lipinski definition) is 9. The Labute approximate surface area is 281 Å². The van der Waals surface area contributed by atoms with Crippen molar-refractivity contribution in [3.8, 4) is 11.3 Å². The van der Waals surface area contributed by atoms with Crippen LogP contribution in [0.1, 0.15) is 37.7 Å². The summed E-state index contributed by atoms with van der Waals surface area (Å²) in [6, 6.07) is 14.3. The highest BCUT2D eigenvalue weighted by molar-refractivity contribution is 6.05. The molecule has 2 aliphatic rings. The molecule has 3 amide bonds. The number of imide groups is 1. The standard InChI is InChI=1S/C35H36F2N10O2/c1-21(2)47-22(3)40-33-27(36)16-24(17-29(33)47)32-28(37)19-39-34(43-32)41-30-8-7-26(18-38-30)45-13-11-44(12-14-45)20-23-5-4-6-25(15-23)46-10-9-31(48)42-35(46)49/h4-8,15-19,21H,9-14,20H2,1-3H3,(H,42,48,49)(H,38,39,41,43). The van der Waals surface area contributed by atoms with Crippen molar-refractivity contribution in [3.05, 3.63) is 83.9 Å². The largest absolute Gasteiger partial charge is 0.368 e. The maximum atomic E-state index is 15.1. The van der Waals surface area contributed by atoms with Crippen LogP contribution in [0.2, 0.25) is 0 Å². The number of piperazine rings is 1. The molecule has 0 spiro atoms. The minimum Gasteiger partial charge on any atom is -0.368 e. The molecule has 2 saturated heterocycles. The molecule has 12 nitrogen and oxygen atoms in total. The molecule has 5 heterocycles. The summed E-state index contributed by atoms with van der Waals surface area (Å²) in [6.45, 7) is 10.2. The van der Waals surface area contributed by atoms with Crippen LogP contribution in [0.3, 0.4) is 0 Å². The lowest BCUT2D eigenvalue weighted by atomic mass is 10.1. The number of urea groups is 1. The van der Waals surface area contributed by atoms with Gasteiger partial charge in [0, 0.05) is 63.0 Å². The van der Waals surface area contributed by atoms with Crippen LogP contribution in [0, 0.1) is 18.6 Å². The summed E-state index contributed by atoms with van der Waals surface area (Å²) in [6.07, 6.45) is 3.13. The fourth-order valence-corrected chi connectivity index (χ4v) is 6.50. The van der Waals surface area contributed by atoms with Crippen LogP contribution in [0.4, 0.5) is 36.7 Å². The summed E-state index contributed by atoms with van der Waals surface area (Å²) in [5, 5.41) is 5.42. The lowest BCUT2D eigenvalue weighted by Crippen LogP contribution is -2.49. The number of carbonyl (C=O) groups is 2. The van der Waals surface area contributed by atoms with Gasteiger partial charge in [0.1, 0.15) is 22.9 Å². The third-order valence-electron chi connectivity index (χ3n) is 8.87. The minimum atomic E-state index is -0.668. The van der Waals surface area contributed by atoms with Crippen molar-refractivity contribution in [1.29, 1.82) is 0 Å². The monoisotopic (exact) mass is 666 g/mol. The average Bonchev–Trinajstić information content (AvgIpc) is 3.43. The second-order valence-electron chi connectivity index (χ2n) is 12.6. The van der Waals surface area contributed by atoms with Crippen molar-refractivity contribution < 1.29 is 18.4 Å². The van der Waals surface area contributed by atoms with E-state index in [9.17, 15) is 14.0 Å². The molecular formula is C35H36F2N10O2. The number of benzene rings is 2. The van der Waals surface area contributed by atoms with Gasteiger partial charge in [-0.1, -0.05) is 12.1 Å². The first-order valence-corrected chi connectivity index (χ1v) is 16.2. The van der Waals surface area contributed by atoms with E-state index in [0.717, 1.165) is 55.9 Å². The number of hydrogen-bond donors (Lipinski definition) is 2. The van der Waals surface area contributed by atoms with Gasteiger partial charge in [0.25, 0.3) is 0 Å². The first kappa shape index (κ1) is 32.1. The van der Waals surface area contributed by atoms with Gasteiger partial charge in [-0.05, 0) is 62.7 Å². The molecule has 5 aromatic rings. The van der Waals surface area contributed by atoms with Gasteiger partial charge in [-0.15, -0.1) is 0 Å². The second kappa shape index (κ2) is 13.2. The molecule has 7 rings (SSSR count). The molecule has 252 valence electrons. The van der Waals surface area contributed by atoms with E-state index in [1.807, 2.05) is 61.7 Å². The molecule has 0 bridgehead atoms. The Morgan fingerprint density at radius 2 is 1.71 bits per heavy atom. The van der Waals surface area contributed by atoms with Crippen LogP contribution < -0.4 is 20.4 Å². The fourth-order valence-electron chi connectivity index (χ4n) is 6.50. The highest BCUT2D eigenvalue weighted by atomic mass is 19.1. The Hall–Kier alpha value is -5.50. The molecule has 0 unspecified atom stereocenters. The Kier molecular flexibility index (Phi) is 8.63. The summed E-state index contributed by atoms with van der Waals surface area (Å²) >= 11 is 0. The topological polar surface area (TPSA) is 124 Å². The SMILES string of the molecule is Cc1nc2c(F)cc(-c3nc(Nc4ccc(N5CCN(Cc6cccc(N7CCC(=O)NC7=O)c6)CC5)cn4)ncc3F)cc2n1C(C)C. The van der Waals surface area contributed by atoms with Crippen LogP contribution in [-0.4, -0.2) is 74.1 Å². The van der Waals surface area contributed by atoms with Gasteiger partial charge in [0.15, 0.2) is 11.6 Å². The first-order chi connectivity index (χ1) is 23.6. The van der Waals surface area contributed by atoms with Crippen LogP contribution in [-0.2, 0) is 11.3 Å². The third kappa shape index (κ3) is 6.64. The number of pyridine rings is 1. The van der Waals surface area contributed by atoms with Crippen molar-refractivity contribution in [1.82, 2.24) is 34.7 Å². The van der Waals surface area contributed by atoms with Crippen molar-refractivity contribution in [2.24, 2.45) is 0 Å². The summed E-state index contributed by atoms with van der Waals surface area (Å²) in [5.41, 5.74) is 3.93. The molecule has 0 saturated carbocycles. The van der Waals surface area contributed by atoms with Gasteiger partial charge in [0.05, 0.1) is 23.6 Å². The summed E-state index contributed by atoms with van der Waals surface area (Å²) < 4.78 is 32.0. The zero-order chi connectivity index (χ0) is 34.2.